The minimum atomic E-state index is 0.388. The molecule has 28 heavy (non-hydrogen) atoms. The summed E-state index contributed by atoms with van der Waals surface area (Å²) >= 11 is 0. The third kappa shape index (κ3) is 2.95. The van der Waals surface area contributed by atoms with E-state index in [1.54, 1.807) is 13.3 Å². The molecule has 0 radical (unpaired) electrons. The third-order valence-electron chi connectivity index (χ3n) is 5.28. The Labute approximate surface area is 164 Å². The zero-order valence-electron chi connectivity index (χ0n) is 17.0. The molecule has 0 aliphatic rings. The summed E-state index contributed by atoms with van der Waals surface area (Å²) in [5, 5.41) is 4.29. The van der Waals surface area contributed by atoms with Crippen molar-refractivity contribution in [1.82, 2.24) is 24.3 Å². The average Bonchev–Trinajstić information content (AvgIpc) is 3.35. The van der Waals surface area contributed by atoms with Gasteiger partial charge in [0.25, 0.3) is 0 Å². The molecule has 0 saturated carbocycles. The summed E-state index contributed by atoms with van der Waals surface area (Å²) in [4.78, 5) is 9.91. The van der Waals surface area contributed by atoms with Crippen LogP contribution in [-0.4, -0.2) is 31.4 Å². The van der Waals surface area contributed by atoms with Crippen molar-refractivity contribution in [2.45, 2.75) is 40.2 Å². The minimum Gasteiger partial charge on any atom is -0.496 e. The lowest BCUT2D eigenvalue weighted by atomic mass is 10.1. The zero-order chi connectivity index (χ0) is 19.8. The highest BCUT2D eigenvalue weighted by Crippen LogP contribution is 2.34. The first-order valence-corrected chi connectivity index (χ1v) is 9.57. The molecule has 0 aliphatic carbocycles. The molecule has 3 aromatic heterocycles. The quantitative estimate of drug-likeness (QED) is 0.499. The van der Waals surface area contributed by atoms with Gasteiger partial charge in [-0.15, -0.1) is 0 Å². The van der Waals surface area contributed by atoms with Crippen molar-refractivity contribution in [2.24, 2.45) is 0 Å². The molecular weight excluding hydrogens is 350 g/mol. The normalized spacial score (nSPS) is 12.5. The van der Waals surface area contributed by atoms with E-state index >= 15 is 0 Å². The SMILES string of the molecule is CCC(C)n1cc(C)c2nc(-c3ccc(-n4cccn4)cc3OC)c(C)nc21. The van der Waals surface area contributed by atoms with Crippen molar-refractivity contribution in [1.29, 1.82) is 0 Å². The number of fused-ring (bicyclic) bond motifs is 1. The van der Waals surface area contributed by atoms with Gasteiger partial charge in [0.2, 0.25) is 0 Å². The molecule has 0 aliphatic heterocycles. The van der Waals surface area contributed by atoms with E-state index in [1.165, 1.54) is 0 Å². The number of methoxy groups -OCH3 is 1. The van der Waals surface area contributed by atoms with Crippen LogP contribution < -0.4 is 4.74 Å². The predicted molar refractivity (Wildman–Crippen MR) is 111 cm³/mol. The second-order valence-electron chi connectivity index (χ2n) is 7.14. The summed E-state index contributed by atoms with van der Waals surface area (Å²) < 4.78 is 9.72. The van der Waals surface area contributed by atoms with Gasteiger partial charge in [0, 0.05) is 36.3 Å². The first kappa shape index (κ1) is 18.2. The smallest absolute Gasteiger partial charge is 0.159 e. The number of benzene rings is 1. The van der Waals surface area contributed by atoms with Crippen LogP contribution in [0.3, 0.4) is 0 Å². The van der Waals surface area contributed by atoms with Gasteiger partial charge in [-0.3, -0.25) is 0 Å². The molecule has 1 aromatic carbocycles. The second-order valence-corrected chi connectivity index (χ2v) is 7.14. The van der Waals surface area contributed by atoms with Crippen LogP contribution in [-0.2, 0) is 0 Å². The number of nitrogens with zero attached hydrogens (tertiary/aromatic N) is 5. The van der Waals surface area contributed by atoms with Gasteiger partial charge in [-0.05, 0) is 51.0 Å². The molecule has 4 rings (SSSR count). The summed E-state index contributed by atoms with van der Waals surface area (Å²) in [5.41, 5.74) is 6.63. The summed E-state index contributed by atoms with van der Waals surface area (Å²) in [5.74, 6) is 0.753. The van der Waals surface area contributed by atoms with Crippen LogP contribution in [0.4, 0.5) is 0 Å². The van der Waals surface area contributed by atoms with Crippen LogP contribution in [0.1, 0.15) is 37.6 Å². The molecule has 3 heterocycles. The Kier molecular flexibility index (Phi) is 4.63. The van der Waals surface area contributed by atoms with Gasteiger partial charge in [0.1, 0.15) is 11.3 Å². The summed E-state index contributed by atoms with van der Waals surface area (Å²) in [6.45, 7) is 8.49. The fourth-order valence-corrected chi connectivity index (χ4v) is 3.51. The van der Waals surface area contributed by atoms with E-state index in [-0.39, 0.29) is 0 Å². The van der Waals surface area contributed by atoms with E-state index in [1.807, 2.05) is 42.1 Å². The van der Waals surface area contributed by atoms with Crippen LogP contribution in [0.25, 0.3) is 28.1 Å². The lowest BCUT2D eigenvalue weighted by Gasteiger charge is -2.14. The van der Waals surface area contributed by atoms with E-state index in [0.717, 1.165) is 51.5 Å². The van der Waals surface area contributed by atoms with Crippen molar-refractivity contribution in [2.75, 3.05) is 7.11 Å². The molecule has 6 nitrogen and oxygen atoms in total. The van der Waals surface area contributed by atoms with E-state index in [9.17, 15) is 0 Å². The van der Waals surface area contributed by atoms with Crippen molar-refractivity contribution in [3.05, 3.63) is 54.1 Å². The Bertz CT molecular complexity index is 1130. The zero-order valence-corrected chi connectivity index (χ0v) is 17.0. The Morgan fingerprint density at radius 2 is 2.00 bits per heavy atom. The van der Waals surface area contributed by atoms with E-state index in [2.05, 4.69) is 36.6 Å². The van der Waals surface area contributed by atoms with Crippen LogP contribution in [0.5, 0.6) is 5.75 Å². The lowest BCUT2D eigenvalue weighted by Crippen LogP contribution is -2.05. The number of ether oxygens (including phenoxy) is 1. The minimum absolute atomic E-state index is 0.388. The second kappa shape index (κ2) is 7.11. The molecule has 0 N–H and O–H groups in total. The fourth-order valence-electron chi connectivity index (χ4n) is 3.51. The molecule has 144 valence electrons. The van der Waals surface area contributed by atoms with Gasteiger partial charge >= 0.3 is 0 Å². The molecule has 0 spiro atoms. The largest absolute Gasteiger partial charge is 0.496 e. The maximum atomic E-state index is 5.68. The predicted octanol–water partition coefficient (Wildman–Crippen LogP) is 4.88. The monoisotopic (exact) mass is 375 g/mol. The van der Waals surface area contributed by atoms with Gasteiger partial charge < -0.3 is 9.30 Å². The summed E-state index contributed by atoms with van der Waals surface area (Å²) in [7, 11) is 1.68. The number of hydrogen-bond donors (Lipinski definition) is 0. The van der Waals surface area contributed by atoms with Gasteiger partial charge in [-0.25, -0.2) is 14.6 Å². The first-order valence-electron chi connectivity index (χ1n) is 9.57. The summed E-state index contributed by atoms with van der Waals surface area (Å²) in [6, 6.07) is 8.31. The van der Waals surface area contributed by atoms with Crippen molar-refractivity contribution >= 4 is 11.2 Å². The van der Waals surface area contributed by atoms with Gasteiger partial charge in [-0.2, -0.15) is 5.10 Å². The lowest BCUT2D eigenvalue weighted by molar-refractivity contribution is 0.416. The number of aryl methyl sites for hydroxylation is 2. The summed E-state index contributed by atoms with van der Waals surface area (Å²) in [6.07, 6.45) is 6.87. The van der Waals surface area contributed by atoms with Crippen molar-refractivity contribution in [3.63, 3.8) is 0 Å². The van der Waals surface area contributed by atoms with Crippen LogP contribution in [0, 0.1) is 13.8 Å². The number of rotatable bonds is 5. The molecule has 1 atom stereocenters. The van der Waals surface area contributed by atoms with Crippen LogP contribution in [0.15, 0.2) is 42.9 Å². The topological polar surface area (TPSA) is 57.8 Å². The number of hydrogen-bond acceptors (Lipinski definition) is 4. The first-order chi connectivity index (χ1) is 13.5. The molecule has 4 aromatic rings. The Morgan fingerprint density at radius 1 is 1.18 bits per heavy atom. The van der Waals surface area contributed by atoms with Gasteiger partial charge in [0.15, 0.2) is 5.65 Å². The van der Waals surface area contributed by atoms with Crippen LogP contribution in [0.2, 0.25) is 0 Å². The van der Waals surface area contributed by atoms with Gasteiger partial charge in [0.05, 0.1) is 24.2 Å². The highest BCUT2D eigenvalue weighted by molar-refractivity contribution is 5.81. The standard InChI is InChI=1S/C22H25N5O/c1-6-15(3)26-13-14(2)20-22(26)24-16(4)21(25-20)18-9-8-17(12-19(18)28-5)27-11-7-10-23-27/h7-13,15H,6H2,1-5H3. The third-order valence-corrected chi connectivity index (χ3v) is 5.28. The van der Waals surface area contributed by atoms with Gasteiger partial charge in [-0.1, -0.05) is 6.92 Å². The molecule has 0 saturated heterocycles. The molecule has 0 fully saturated rings. The molecular formula is C22H25N5O. The van der Waals surface area contributed by atoms with E-state index in [0.29, 0.717) is 6.04 Å². The van der Waals surface area contributed by atoms with Crippen LogP contribution >= 0.6 is 0 Å². The maximum absolute atomic E-state index is 5.68. The van der Waals surface area contributed by atoms with Crippen molar-refractivity contribution < 1.29 is 4.74 Å². The fraction of sp³-hybridized carbons (Fsp3) is 0.318. The van der Waals surface area contributed by atoms with Crippen molar-refractivity contribution in [3.8, 4) is 22.7 Å². The highest BCUT2D eigenvalue weighted by Gasteiger charge is 2.18. The molecule has 0 bridgehead atoms. The maximum Gasteiger partial charge on any atom is 0.159 e. The molecule has 6 heteroatoms. The Hall–Kier alpha value is -3.15. The highest BCUT2D eigenvalue weighted by atomic mass is 16.5. The van der Waals surface area contributed by atoms with E-state index < -0.39 is 0 Å². The number of aromatic nitrogens is 5. The van der Waals surface area contributed by atoms with E-state index in [4.69, 9.17) is 14.7 Å². The molecule has 1 unspecified atom stereocenters. The average molecular weight is 375 g/mol. The Balaban J connectivity index is 1.87. The molecule has 0 amide bonds. The Morgan fingerprint density at radius 3 is 2.68 bits per heavy atom.